The van der Waals surface area contributed by atoms with E-state index in [9.17, 15) is 4.79 Å². The van der Waals surface area contributed by atoms with Crippen LogP contribution in [0.25, 0.3) is 0 Å². The van der Waals surface area contributed by atoms with Crippen molar-refractivity contribution in [1.82, 2.24) is 10.3 Å². The van der Waals surface area contributed by atoms with Crippen molar-refractivity contribution in [1.29, 1.82) is 5.26 Å². The molecule has 17 heavy (non-hydrogen) atoms. The molecular weight excluding hydrogens is 238 g/mol. The highest BCUT2D eigenvalue weighted by Gasteiger charge is 2.18. The van der Waals surface area contributed by atoms with Crippen LogP contribution in [0.5, 0.6) is 0 Å². The molecule has 1 heterocycles. The van der Waals surface area contributed by atoms with Crippen LogP contribution in [-0.4, -0.2) is 17.4 Å². The molecule has 1 N–H and O–H groups in total. The molecule has 90 valence electrons. The Bertz CT molecular complexity index is 472. The number of carbonyl (C=O) groups excluding carboxylic acids is 1. The van der Waals surface area contributed by atoms with E-state index in [-0.39, 0.29) is 23.0 Å². The molecule has 1 aromatic heterocycles. The van der Waals surface area contributed by atoms with Gasteiger partial charge in [0.1, 0.15) is 11.7 Å². The molecule has 0 aliphatic heterocycles. The maximum atomic E-state index is 11.7. The van der Waals surface area contributed by atoms with E-state index < -0.39 is 0 Å². The highest BCUT2D eigenvalue weighted by atomic mass is 35.5. The maximum absolute atomic E-state index is 11.7. The molecule has 1 aromatic rings. The van der Waals surface area contributed by atoms with Gasteiger partial charge in [-0.15, -0.1) is 0 Å². The molecule has 1 rings (SSSR count). The van der Waals surface area contributed by atoms with Crippen LogP contribution in [0.15, 0.2) is 12.1 Å². The van der Waals surface area contributed by atoms with Gasteiger partial charge in [0.15, 0.2) is 0 Å². The quantitative estimate of drug-likeness (QED) is 0.648. The summed E-state index contributed by atoms with van der Waals surface area (Å²) in [6, 6.07) is 5.03. The first kappa shape index (κ1) is 13.5. The molecule has 0 spiro atoms. The van der Waals surface area contributed by atoms with Crippen LogP contribution in [0, 0.1) is 11.3 Å². The summed E-state index contributed by atoms with van der Waals surface area (Å²) in [6.45, 7) is 5.94. The fourth-order valence-corrected chi connectivity index (χ4v) is 1.44. The van der Waals surface area contributed by atoms with E-state index in [1.54, 1.807) is 6.07 Å². The Labute approximate surface area is 106 Å². The number of amides is 1. The Hall–Kier alpha value is -1.60. The summed E-state index contributed by atoms with van der Waals surface area (Å²) in [7, 11) is 0. The number of carbonyl (C=O) groups is 1. The molecule has 0 aromatic carbocycles. The third kappa shape index (κ3) is 3.72. The fourth-order valence-electron chi connectivity index (χ4n) is 1.23. The van der Waals surface area contributed by atoms with Crippen molar-refractivity contribution in [2.24, 2.45) is 0 Å². The van der Waals surface area contributed by atoms with Crippen molar-refractivity contribution < 1.29 is 4.79 Å². The summed E-state index contributed by atoms with van der Waals surface area (Å²) in [6.07, 6.45) is 0. The second-order valence-electron chi connectivity index (χ2n) is 4.65. The van der Waals surface area contributed by atoms with E-state index in [0.29, 0.717) is 5.56 Å². The number of aromatic nitrogens is 1. The van der Waals surface area contributed by atoms with Crippen LogP contribution in [0.4, 0.5) is 0 Å². The second kappa shape index (κ2) is 5.15. The summed E-state index contributed by atoms with van der Waals surface area (Å²) >= 11 is 5.88. The number of hydrogen-bond donors (Lipinski definition) is 1. The Morgan fingerprint density at radius 3 is 2.71 bits per heavy atom. The van der Waals surface area contributed by atoms with Gasteiger partial charge in [-0.1, -0.05) is 32.4 Å². The van der Waals surface area contributed by atoms with Gasteiger partial charge in [0.2, 0.25) is 0 Å². The van der Waals surface area contributed by atoms with Gasteiger partial charge in [-0.3, -0.25) is 4.79 Å². The lowest BCUT2D eigenvalue weighted by molar-refractivity contribution is 0.0958. The van der Waals surface area contributed by atoms with Crippen molar-refractivity contribution in [3.8, 4) is 6.07 Å². The first-order valence-electron chi connectivity index (χ1n) is 5.18. The SMILES string of the molecule is CC(C)(C)c1cc(C(=O)NCC#N)cc(Cl)n1. The zero-order valence-corrected chi connectivity index (χ0v) is 10.8. The summed E-state index contributed by atoms with van der Waals surface area (Å²) in [4.78, 5) is 15.9. The minimum absolute atomic E-state index is 0.0242. The van der Waals surface area contributed by atoms with E-state index in [1.165, 1.54) is 6.07 Å². The molecule has 0 radical (unpaired) electrons. The van der Waals surface area contributed by atoms with E-state index in [0.717, 1.165) is 5.69 Å². The molecule has 4 nitrogen and oxygen atoms in total. The van der Waals surface area contributed by atoms with Crippen LogP contribution < -0.4 is 5.32 Å². The molecule has 0 atom stereocenters. The van der Waals surface area contributed by atoms with E-state index in [1.807, 2.05) is 26.8 Å². The predicted octanol–water partition coefficient (Wildman–Crippen LogP) is 2.29. The fraction of sp³-hybridized carbons (Fsp3) is 0.417. The van der Waals surface area contributed by atoms with Crippen LogP contribution in [-0.2, 0) is 5.41 Å². The predicted molar refractivity (Wildman–Crippen MR) is 65.9 cm³/mol. The molecular formula is C12H14ClN3O. The number of pyridine rings is 1. The Morgan fingerprint density at radius 2 is 2.18 bits per heavy atom. The smallest absolute Gasteiger partial charge is 0.252 e. The first-order chi connectivity index (χ1) is 7.84. The van der Waals surface area contributed by atoms with Gasteiger partial charge in [-0.25, -0.2) is 4.98 Å². The number of nitriles is 1. The Kier molecular flexibility index (Phi) is 4.08. The van der Waals surface area contributed by atoms with Crippen molar-refractivity contribution >= 4 is 17.5 Å². The Morgan fingerprint density at radius 1 is 1.53 bits per heavy atom. The number of hydrogen-bond acceptors (Lipinski definition) is 3. The largest absolute Gasteiger partial charge is 0.339 e. The van der Waals surface area contributed by atoms with E-state index >= 15 is 0 Å². The van der Waals surface area contributed by atoms with E-state index in [4.69, 9.17) is 16.9 Å². The highest BCUT2D eigenvalue weighted by Crippen LogP contribution is 2.23. The molecule has 1 amide bonds. The highest BCUT2D eigenvalue weighted by molar-refractivity contribution is 6.29. The lowest BCUT2D eigenvalue weighted by Gasteiger charge is -2.18. The Balaban J connectivity index is 3.06. The molecule has 0 aliphatic rings. The average Bonchev–Trinajstić information content (AvgIpc) is 2.23. The van der Waals surface area contributed by atoms with Crippen LogP contribution in [0.3, 0.4) is 0 Å². The van der Waals surface area contributed by atoms with Gasteiger partial charge in [0.25, 0.3) is 5.91 Å². The lowest BCUT2D eigenvalue weighted by Crippen LogP contribution is -2.24. The average molecular weight is 252 g/mol. The molecule has 5 heteroatoms. The molecule has 0 bridgehead atoms. The number of nitrogens with one attached hydrogen (secondary N) is 1. The first-order valence-corrected chi connectivity index (χ1v) is 5.55. The molecule has 0 aliphatic carbocycles. The topological polar surface area (TPSA) is 65.8 Å². The van der Waals surface area contributed by atoms with Gasteiger partial charge in [0.05, 0.1) is 6.07 Å². The normalized spacial score (nSPS) is 10.8. The van der Waals surface area contributed by atoms with Gasteiger partial charge in [0, 0.05) is 16.7 Å². The summed E-state index contributed by atoms with van der Waals surface area (Å²) in [5, 5.41) is 11.1. The molecule has 0 saturated heterocycles. The van der Waals surface area contributed by atoms with Crippen molar-refractivity contribution in [2.45, 2.75) is 26.2 Å². The lowest BCUT2D eigenvalue weighted by atomic mass is 9.91. The number of nitrogens with zero attached hydrogens (tertiary/aromatic N) is 2. The number of halogens is 1. The van der Waals surface area contributed by atoms with Gasteiger partial charge in [-0.05, 0) is 12.1 Å². The monoisotopic (exact) mass is 251 g/mol. The zero-order chi connectivity index (χ0) is 13.1. The minimum atomic E-state index is -0.318. The van der Waals surface area contributed by atoms with Gasteiger partial charge >= 0.3 is 0 Å². The molecule has 0 saturated carbocycles. The van der Waals surface area contributed by atoms with Crippen molar-refractivity contribution in [2.75, 3.05) is 6.54 Å². The van der Waals surface area contributed by atoms with Gasteiger partial charge in [-0.2, -0.15) is 5.26 Å². The number of rotatable bonds is 2. The van der Waals surface area contributed by atoms with Crippen LogP contribution in [0.1, 0.15) is 36.8 Å². The maximum Gasteiger partial charge on any atom is 0.252 e. The zero-order valence-electron chi connectivity index (χ0n) is 10.0. The van der Waals surface area contributed by atoms with E-state index in [2.05, 4.69) is 10.3 Å². The summed E-state index contributed by atoms with van der Waals surface area (Å²) in [5.41, 5.74) is 0.979. The third-order valence-corrected chi connectivity index (χ3v) is 2.35. The van der Waals surface area contributed by atoms with Crippen molar-refractivity contribution in [3.05, 3.63) is 28.5 Å². The third-order valence-electron chi connectivity index (χ3n) is 2.15. The van der Waals surface area contributed by atoms with Gasteiger partial charge < -0.3 is 5.32 Å². The van der Waals surface area contributed by atoms with Crippen molar-refractivity contribution in [3.63, 3.8) is 0 Å². The van der Waals surface area contributed by atoms with Crippen LogP contribution in [0.2, 0.25) is 5.15 Å². The second-order valence-corrected chi connectivity index (χ2v) is 5.04. The minimum Gasteiger partial charge on any atom is -0.339 e. The standard InChI is InChI=1S/C12H14ClN3O/c1-12(2,3)9-6-8(7-10(13)16-9)11(17)15-5-4-14/h6-7H,5H2,1-3H3,(H,15,17). The summed E-state index contributed by atoms with van der Waals surface area (Å²) < 4.78 is 0. The van der Waals surface area contributed by atoms with Crippen LogP contribution >= 0.6 is 11.6 Å². The molecule has 0 unspecified atom stereocenters. The molecule has 0 fully saturated rings. The summed E-state index contributed by atoms with van der Waals surface area (Å²) in [5.74, 6) is -0.318.